The van der Waals surface area contributed by atoms with Crippen LogP contribution in [0, 0.1) is 13.8 Å². The molecule has 0 aliphatic rings. The predicted octanol–water partition coefficient (Wildman–Crippen LogP) is 4.77. The minimum Gasteiger partial charge on any atom is -0.321 e. The first-order chi connectivity index (χ1) is 13.5. The van der Waals surface area contributed by atoms with E-state index in [9.17, 15) is 9.59 Å². The molecule has 5 heteroatoms. The van der Waals surface area contributed by atoms with Crippen LogP contribution in [0.1, 0.15) is 44.5 Å². The lowest BCUT2D eigenvalue weighted by molar-refractivity contribution is 0.102. The van der Waals surface area contributed by atoms with Crippen molar-refractivity contribution >= 4 is 23.2 Å². The molecular formula is C23H23N3O2. The molecule has 0 aliphatic heterocycles. The van der Waals surface area contributed by atoms with Crippen LogP contribution >= 0.6 is 0 Å². The van der Waals surface area contributed by atoms with Crippen LogP contribution in [0.3, 0.4) is 0 Å². The Bertz CT molecular complexity index is 1030. The summed E-state index contributed by atoms with van der Waals surface area (Å²) in [6, 6.07) is 16.5. The summed E-state index contributed by atoms with van der Waals surface area (Å²) in [5.41, 5.74) is 5.14. The number of benzene rings is 2. The van der Waals surface area contributed by atoms with Crippen molar-refractivity contribution in [1.29, 1.82) is 0 Å². The molecule has 0 radical (unpaired) electrons. The van der Waals surface area contributed by atoms with E-state index >= 15 is 0 Å². The third-order valence-corrected chi connectivity index (χ3v) is 4.63. The van der Waals surface area contributed by atoms with Crippen molar-refractivity contribution in [2.45, 2.75) is 27.2 Å². The van der Waals surface area contributed by atoms with E-state index in [2.05, 4.69) is 15.6 Å². The fourth-order valence-electron chi connectivity index (χ4n) is 2.98. The van der Waals surface area contributed by atoms with Crippen LogP contribution in [0.2, 0.25) is 0 Å². The second kappa shape index (κ2) is 8.48. The third kappa shape index (κ3) is 4.26. The van der Waals surface area contributed by atoms with E-state index in [1.807, 2.05) is 63.2 Å². The highest BCUT2D eigenvalue weighted by Crippen LogP contribution is 2.22. The molecular weight excluding hydrogens is 350 g/mol. The largest absolute Gasteiger partial charge is 0.321 e. The standard InChI is InChI=1S/C23H23N3O2/c1-4-17-10-7-9-16(3)21(17)26-22(27)18-12-13-24-20(14-18)23(28)25-19-11-6-5-8-15(19)2/h5-14H,4H2,1-3H3,(H,25,28)(H,26,27). The van der Waals surface area contributed by atoms with Gasteiger partial charge >= 0.3 is 0 Å². The van der Waals surface area contributed by atoms with E-state index in [1.165, 1.54) is 12.3 Å². The lowest BCUT2D eigenvalue weighted by atomic mass is 10.1. The molecule has 0 atom stereocenters. The zero-order valence-electron chi connectivity index (χ0n) is 16.2. The summed E-state index contributed by atoms with van der Waals surface area (Å²) in [4.78, 5) is 29.4. The van der Waals surface area contributed by atoms with Gasteiger partial charge in [-0.2, -0.15) is 0 Å². The molecule has 3 rings (SSSR count). The Balaban J connectivity index is 1.80. The SMILES string of the molecule is CCc1cccc(C)c1NC(=O)c1ccnc(C(=O)Nc2ccccc2C)c1. The van der Waals surface area contributed by atoms with Crippen molar-refractivity contribution in [3.05, 3.63) is 88.7 Å². The molecule has 5 nitrogen and oxygen atoms in total. The van der Waals surface area contributed by atoms with Crippen LogP contribution in [0.25, 0.3) is 0 Å². The zero-order chi connectivity index (χ0) is 20.1. The lowest BCUT2D eigenvalue weighted by Gasteiger charge is -2.13. The van der Waals surface area contributed by atoms with Crippen molar-refractivity contribution in [3.8, 4) is 0 Å². The van der Waals surface area contributed by atoms with E-state index in [-0.39, 0.29) is 17.5 Å². The molecule has 0 fully saturated rings. The van der Waals surface area contributed by atoms with Crippen molar-refractivity contribution in [2.75, 3.05) is 10.6 Å². The maximum atomic E-state index is 12.8. The normalized spacial score (nSPS) is 10.4. The van der Waals surface area contributed by atoms with E-state index in [0.717, 1.165) is 34.5 Å². The first-order valence-corrected chi connectivity index (χ1v) is 9.22. The molecule has 1 heterocycles. The molecule has 0 bridgehead atoms. The maximum Gasteiger partial charge on any atom is 0.274 e. The molecule has 0 saturated carbocycles. The number of pyridine rings is 1. The van der Waals surface area contributed by atoms with Crippen LogP contribution in [-0.4, -0.2) is 16.8 Å². The molecule has 0 aliphatic carbocycles. The minimum atomic E-state index is -0.353. The molecule has 28 heavy (non-hydrogen) atoms. The first-order valence-electron chi connectivity index (χ1n) is 9.22. The number of anilines is 2. The van der Waals surface area contributed by atoms with Gasteiger partial charge < -0.3 is 10.6 Å². The Morgan fingerprint density at radius 3 is 2.39 bits per heavy atom. The summed E-state index contributed by atoms with van der Waals surface area (Å²) in [5, 5.41) is 5.81. The topological polar surface area (TPSA) is 71.1 Å². The molecule has 3 aromatic rings. The number of nitrogens with one attached hydrogen (secondary N) is 2. The number of rotatable bonds is 5. The van der Waals surface area contributed by atoms with Crippen LogP contribution in [0.4, 0.5) is 11.4 Å². The number of amides is 2. The van der Waals surface area contributed by atoms with Gasteiger partial charge in [0, 0.05) is 23.1 Å². The molecule has 0 unspecified atom stereocenters. The fourth-order valence-corrected chi connectivity index (χ4v) is 2.98. The molecule has 2 aromatic carbocycles. The molecule has 0 spiro atoms. The summed E-state index contributed by atoms with van der Waals surface area (Å²) < 4.78 is 0. The lowest BCUT2D eigenvalue weighted by Crippen LogP contribution is -2.18. The van der Waals surface area contributed by atoms with Crippen LogP contribution in [0.5, 0.6) is 0 Å². The van der Waals surface area contributed by atoms with E-state index in [4.69, 9.17) is 0 Å². The number of nitrogens with zero attached hydrogens (tertiary/aromatic N) is 1. The van der Waals surface area contributed by atoms with Crippen molar-refractivity contribution < 1.29 is 9.59 Å². The smallest absolute Gasteiger partial charge is 0.274 e. The number of para-hydroxylation sites is 2. The highest BCUT2D eigenvalue weighted by molar-refractivity contribution is 6.08. The van der Waals surface area contributed by atoms with E-state index < -0.39 is 0 Å². The Morgan fingerprint density at radius 1 is 0.893 bits per heavy atom. The second-order valence-corrected chi connectivity index (χ2v) is 6.62. The zero-order valence-corrected chi connectivity index (χ0v) is 16.2. The van der Waals surface area contributed by atoms with Gasteiger partial charge in [-0.3, -0.25) is 14.6 Å². The number of hydrogen-bond acceptors (Lipinski definition) is 3. The first kappa shape index (κ1) is 19.3. The Hall–Kier alpha value is -3.47. The number of carbonyl (C=O) groups is 2. The second-order valence-electron chi connectivity index (χ2n) is 6.62. The average Bonchev–Trinajstić information content (AvgIpc) is 2.71. The quantitative estimate of drug-likeness (QED) is 0.677. The number of hydrogen-bond donors (Lipinski definition) is 2. The van der Waals surface area contributed by atoms with Gasteiger partial charge in [-0.05, 0) is 55.2 Å². The summed E-state index contributed by atoms with van der Waals surface area (Å²) in [5.74, 6) is -0.620. The Labute approximate surface area is 164 Å². The van der Waals surface area contributed by atoms with Gasteiger partial charge in [-0.15, -0.1) is 0 Å². The Kier molecular flexibility index (Phi) is 5.84. The highest BCUT2D eigenvalue weighted by atomic mass is 16.2. The van der Waals surface area contributed by atoms with Gasteiger partial charge in [0.1, 0.15) is 5.69 Å². The van der Waals surface area contributed by atoms with Gasteiger partial charge in [-0.1, -0.05) is 43.3 Å². The molecule has 2 N–H and O–H groups in total. The Morgan fingerprint density at radius 2 is 1.64 bits per heavy atom. The summed E-state index contributed by atoms with van der Waals surface area (Å²) in [6.45, 7) is 5.92. The van der Waals surface area contributed by atoms with Gasteiger partial charge in [0.05, 0.1) is 0 Å². The highest BCUT2D eigenvalue weighted by Gasteiger charge is 2.15. The minimum absolute atomic E-state index is 0.191. The van der Waals surface area contributed by atoms with Crippen LogP contribution in [0.15, 0.2) is 60.8 Å². The molecule has 142 valence electrons. The molecule has 2 amide bonds. The van der Waals surface area contributed by atoms with Gasteiger partial charge in [-0.25, -0.2) is 0 Å². The summed E-state index contributed by atoms with van der Waals surface area (Å²) >= 11 is 0. The number of carbonyl (C=O) groups excluding carboxylic acids is 2. The molecule has 0 saturated heterocycles. The van der Waals surface area contributed by atoms with E-state index in [1.54, 1.807) is 6.07 Å². The monoisotopic (exact) mass is 373 g/mol. The number of aromatic nitrogens is 1. The fraction of sp³-hybridized carbons (Fsp3) is 0.174. The van der Waals surface area contributed by atoms with Gasteiger partial charge in [0.25, 0.3) is 11.8 Å². The third-order valence-electron chi connectivity index (χ3n) is 4.63. The van der Waals surface area contributed by atoms with Crippen molar-refractivity contribution in [2.24, 2.45) is 0 Å². The van der Waals surface area contributed by atoms with Gasteiger partial charge in [0.2, 0.25) is 0 Å². The maximum absolute atomic E-state index is 12.8. The average molecular weight is 373 g/mol. The van der Waals surface area contributed by atoms with Crippen LogP contribution in [-0.2, 0) is 6.42 Å². The van der Waals surface area contributed by atoms with Crippen molar-refractivity contribution in [1.82, 2.24) is 4.98 Å². The summed E-state index contributed by atoms with van der Waals surface area (Å²) in [6.07, 6.45) is 2.29. The summed E-state index contributed by atoms with van der Waals surface area (Å²) in [7, 11) is 0. The predicted molar refractivity (Wildman–Crippen MR) is 112 cm³/mol. The molecule has 1 aromatic heterocycles. The van der Waals surface area contributed by atoms with Gasteiger partial charge in [0.15, 0.2) is 0 Å². The number of aryl methyl sites for hydroxylation is 3. The van der Waals surface area contributed by atoms with E-state index in [0.29, 0.717) is 5.56 Å². The van der Waals surface area contributed by atoms with Crippen LogP contribution < -0.4 is 10.6 Å². The van der Waals surface area contributed by atoms with Crippen molar-refractivity contribution in [3.63, 3.8) is 0 Å².